The zero-order chi connectivity index (χ0) is 14.8. The van der Waals surface area contributed by atoms with Crippen molar-refractivity contribution in [2.45, 2.75) is 25.7 Å². The van der Waals surface area contributed by atoms with Crippen molar-refractivity contribution in [3.8, 4) is 0 Å². The zero-order valence-corrected chi connectivity index (χ0v) is 10.9. The van der Waals surface area contributed by atoms with Crippen LogP contribution in [0.5, 0.6) is 0 Å². The maximum atomic E-state index is 11.5. The second-order valence-corrected chi connectivity index (χ2v) is 4.03. The molecule has 0 saturated carbocycles. The van der Waals surface area contributed by atoms with Crippen LogP contribution < -0.4 is 0 Å². The lowest BCUT2D eigenvalue weighted by molar-refractivity contribution is -0.152. The van der Waals surface area contributed by atoms with Crippen molar-refractivity contribution in [1.29, 1.82) is 0 Å². The summed E-state index contributed by atoms with van der Waals surface area (Å²) in [4.78, 5) is 33.0. The summed E-state index contributed by atoms with van der Waals surface area (Å²) in [7, 11) is 0. The van der Waals surface area contributed by atoms with Crippen LogP contribution >= 0.6 is 0 Å². The molecule has 0 radical (unpaired) electrons. The highest BCUT2D eigenvalue weighted by Gasteiger charge is 2.08. The molecule has 0 atom stereocenters. The van der Waals surface area contributed by atoms with Crippen LogP contribution in [0, 0.1) is 0 Å². The van der Waals surface area contributed by atoms with Crippen LogP contribution in [0.15, 0.2) is 30.3 Å². The lowest BCUT2D eigenvalue weighted by Crippen LogP contribution is -2.12. The summed E-state index contributed by atoms with van der Waals surface area (Å²) in [6, 6.07) is 8.36. The van der Waals surface area contributed by atoms with E-state index in [2.05, 4.69) is 0 Å². The van der Waals surface area contributed by atoms with Gasteiger partial charge in [-0.3, -0.25) is 9.59 Å². The SMILES string of the molecule is O=C(O)CCCCC(=O)OCOC(=O)c1ccccc1. The summed E-state index contributed by atoms with van der Waals surface area (Å²) in [6.07, 6.45) is 0.971. The van der Waals surface area contributed by atoms with E-state index in [0.717, 1.165) is 0 Å². The van der Waals surface area contributed by atoms with Crippen LogP contribution in [-0.2, 0) is 19.1 Å². The molecule has 0 aliphatic carbocycles. The summed E-state index contributed by atoms with van der Waals surface area (Å²) in [5.74, 6) is -1.98. The number of hydrogen-bond acceptors (Lipinski definition) is 5. The number of carboxylic acid groups (broad SMARTS) is 1. The summed E-state index contributed by atoms with van der Waals surface area (Å²) in [6.45, 7) is -0.439. The molecule has 1 aromatic carbocycles. The van der Waals surface area contributed by atoms with E-state index in [1.807, 2.05) is 0 Å². The Morgan fingerprint density at radius 2 is 1.60 bits per heavy atom. The molecule has 0 heterocycles. The number of rotatable bonds is 8. The van der Waals surface area contributed by atoms with Crippen LogP contribution in [0.25, 0.3) is 0 Å². The average Bonchev–Trinajstić information content (AvgIpc) is 2.44. The Labute approximate surface area is 116 Å². The quantitative estimate of drug-likeness (QED) is 0.445. The van der Waals surface area contributed by atoms with Crippen molar-refractivity contribution in [2.75, 3.05) is 6.79 Å². The minimum Gasteiger partial charge on any atom is -0.481 e. The molecule has 1 N–H and O–H groups in total. The third-order valence-electron chi connectivity index (χ3n) is 2.44. The molecule has 1 rings (SSSR count). The fraction of sp³-hybridized carbons (Fsp3) is 0.357. The fourth-order valence-corrected chi connectivity index (χ4v) is 1.42. The average molecular weight is 280 g/mol. The van der Waals surface area contributed by atoms with E-state index in [1.165, 1.54) is 0 Å². The lowest BCUT2D eigenvalue weighted by atomic mass is 10.2. The van der Waals surface area contributed by atoms with Crippen molar-refractivity contribution < 1.29 is 29.0 Å². The number of carbonyl (C=O) groups excluding carboxylic acids is 2. The predicted octanol–water partition coefficient (Wildman–Crippen LogP) is 1.99. The van der Waals surface area contributed by atoms with Gasteiger partial charge in [0.2, 0.25) is 6.79 Å². The molecule has 0 bridgehead atoms. The van der Waals surface area contributed by atoms with Gasteiger partial charge in [-0.05, 0) is 25.0 Å². The van der Waals surface area contributed by atoms with E-state index in [-0.39, 0.29) is 12.8 Å². The smallest absolute Gasteiger partial charge is 0.340 e. The minimum atomic E-state index is -0.893. The molecule has 0 spiro atoms. The largest absolute Gasteiger partial charge is 0.481 e. The predicted molar refractivity (Wildman–Crippen MR) is 68.9 cm³/mol. The molecule has 0 fully saturated rings. The fourth-order valence-electron chi connectivity index (χ4n) is 1.42. The molecular formula is C14H16O6. The first kappa shape index (κ1) is 15.7. The highest BCUT2D eigenvalue weighted by molar-refractivity contribution is 5.89. The molecular weight excluding hydrogens is 264 g/mol. The molecule has 0 unspecified atom stereocenters. The zero-order valence-electron chi connectivity index (χ0n) is 10.9. The molecule has 1 aromatic rings. The number of aliphatic carboxylic acids is 1. The first-order valence-electron chi connectivity index (χ1n) is 6.19. The first-order chi connectivity index (χ1) is 9.59. The van der Waals surface area contributed by atoms with Crippen molar-refractivity contribution in [3.05, 3.63) is 35.9 Å². The van der Waals surface area contributed by atoms with Crippen LogP contribution in [0.3, 0.4) is 0 Å². The highest BCUT2D eigenvalue weighted by atomic mass is 16.7. The maximum absolute atomic E-state index is 11.5. The molecule has 0 saturated heterocycles. The van der Waals surface area contributed by atoms with E-state index in [0.29, 0.717) is 18.4 Å². The van der Waals surface area contributed by atoms with Crippen molar-refractivity contribution in [2.24, 2.45) is 0 Å². The molecule has 0 aliphatic heterocycles. The van der Waals surface area contributed by atoms with Gasteiger partial charge >= 0.3 is 17.9 Å². The topological polar surface area (TPSA) is 89.9 Å². The number of unbranched alkanes of at least 4 members (excludes halogenated alkanes) is 1. The molecule has 6 nitrogen and oxygen atoms in total. The highest BCUT2D eigenvalue weighted by Crippen LogP contribution is 2.03. The van der Waals surface area contributed by atoms with Gasteiger partial charge in [-0.15, -0.1) is 0 Å². The Hall–Kier alpha value is -2.37. The van der Waals surface area contributed by atoms with Crippen LogP contribution in [-0.4, -0.2) is 29.8 Å². The van der Waals surface area contributed by atoms with E-state index in [1.54, 1.807) is 30.3 Å². The number of carbonyl (C=O) groups is 3. The number of benzene rings is 1. The van der Waals surface area contributed by atoms with Gasteiger partial charge in [0.25, 0.3) is 0 Å². The third kappa shape index (κ3) is 6.53. The molecule has 108 valence electrons. The molecule has 6 heteroatoms. The Balaban J connectivity index is 2.13. The second-order valence-electron chi connectivity index (χ2n) is 4.03. The van der Waals surface area contributed by atoms with E-state index in [9.17, 15) is 14.4 Å². The van der Waals surface area contributed by atoms with Crippen molar-refractivity contribution in [3.63, 3.8) is 0 Å². The summed E-state index contributed by atoms with van der Waals surface area (Å²) in [5, 5.41) is 8.42. The standard InChI is InChI=1S/C14H16O6/c15-12(16)8-4-5-9-13(17)19-10-20-14(18)11-6-2-1-3-7-11/h1-3,6-7H,4-5,8-10H2,(H,15,16). The summed E-state index contributed by atoms with van der Waals surface area (Å²) < 4.78 is 9.48. The van der Waals surface area contributed by atoms with E-state index >= 15 is 0 Å². The van der Waals surface area contributed by atoms with Crippen molar-refractivity contribution in [1.82, 2.24) is 0 Å². The summed E-state index contributed by atoms with van der Waals surface area (Å²) >= 11 is 0. The number of hydrogen-bond donors (Lipinski definition) is 1. The van der Waals surface area contributed by atoms with E-state index < -0.39 is 24.7 Å². The Morgan fingerprint density at radius 3 is 2.25 bits per heavy atom. The van der Waals surface area contributed by atoms with Gasteiger partial charge < -0.3 is 14.6 Å². The molecule has 0 aliphatic rings. The Morgan fingerprint density at radius 1 is 0.950 bits per heavy atom. The molecule has 0 aromatic heterocycles. The van der Waals surface area contributed by atoms with Gasteiger partial charge in [0.05, 0.1) is 5.56 Å². The number of ether oxygens (including phenoxy) is 2. The van der Waals surface area contributed by atoms with Gasteiger partial charge in [-0.1, -0.05) is 18.2 Å². The van der Waals surface area contributed by atoms with Crippen LogP contribution in [0.1, 0.15) is 36.0 Å². The monoisotopic (exact) mass is 280 g/mol. The maximum Gasteiger partial charge on any atom is 0.340 e. The van der Waals surface area contributed by atoms with Gasteiger partial charge in [-0.2, -0.15) is 0 Å². The van der Waals surface area contributed by atoms with Gasteiger partial charge in [0.15, 0.2) is 0 Å². The Bertz CT molecular complexity index is 454. The normalized spacial score (nSPS) is 9.80. The van der Waals surface area contributed by atoms with Gasteiger partial charge in [-0.25, -0.2) is 4.79 Å². The van der Waals surface area contributed by atoms with Crippen LogP contribution in [0.4, 0.5) is 0 Å². The molecule has 20 heavy (non-hydrogen) atoms. The van der Waals surface area contributed by atoms with Crippen molar-refractivity contribution >= 4 is 17.9 Å². The summed E-state index contributed by atoms with van der Waals surface area (Å²) in [5.41, 5.74) is 0.380. The number of esters is 2. The number of carboxylic acids is 1. The van der Waals surface area contributed by atoms with Gasteiger partial charge in [0, 0.05) is 12.8 Å². The third-order valence-corrected chi connectivity index (χ3v) is 2.44. The van der Waals surface area contributed by atoms with Gasteiger partial charge in [0.1, 0.15) is 0 Å². The Kier molecular flexibility index (Phi) is 6.81. The lowest BCUT2D eigenvalue weighted by Gasteiger charge is -2.06. The minimum absolute atomic E-state index is 0.0241. The van der Waals surface area contributed by atoms with E-state index in [4.69, 9.17) is 14.6 Å². The first-order valence-corrected chi connectivity index (χ1v) is 6.19. The molecule has 0 amide bonds. The second kappa shape index (κ2) is 8.68. The van der Waals surface area contributed by atoms with Crippen LogP contribution in [0.2, 0.25) is 0 Å².